The van der Waals surface area contributed by atoms with Crippen LogP contribution < -0.4 is 0 Å². The Morgan fingerprint density at radius 1 is 1.18 bits per heavy atom. The highest BCUT2D eigenvalue weighted by Crippen LogP contribution is 2.02. The first kappa shape index (κ1) is 8.28. The molecule has 0 atom stereocenters. The molecule has 0 amide bonds. The molecule has 1 aromatic rings. The molecule has 0 aliphatic heterocycles. The molecule has 1 rings (SSSR count). The van der Waals surface area contributed by atoms with E-state index in [4.69, 9.17) is 0 Å². The fraction of sp³-hybridized carbons (Fsp3) is 0.400. The van der Waals surface area contributed by atoms with Crippen molar-refractivity contribution in [1.82, 2.24) is 0 Å². The Hall–Kier alpha value is -0.820. The molecule has 1 aromatic carbocycles. The molecule has 0 bridgehead atoms. The van der Waals surface area contributed by atoms with Crippen molar-refractivity contribution in [2.75, 3.05) is 13.7 Å². The summed E-state index contributed by atoms with van der Waals surface area (Å²) in [6.07, 6.45) is 1.07. The smallest absolute Gasteiger partial charge is 0.148 e. The highest BCUT2D eigenvalue weighted by atomic mass is 16.5. The predicted octanol–water partition coefficient (Wildman–Crippen LogP) is 1.70. The standard InChI is InChI=1S/C10H14O/c1-9-3-5-10(6-4-9)7-8-11-2/h3-6H,7-8H2,1-2H3/p+1. The van der Waals surface area contributed by atoms with Crippen molar-refractivity contribution in [3.63, 3.8) is 0 Å². The van der Waals surface area contributed by atoms with Crippen molar-refractivity contribution in [3.05, 3.63) is 35.4 Å². The monoisotopic (exact) mass is 151 g/mol. The Labute approximate surface area is 68.0 Å². The van der Waals surface area contributed by atoms with E-state index < -0.39 is 0 Å². The molecule has 0 aliphatic rings. The van der Waals surface area contributed by atoms with E-state index in [2.05, 4.69) is 35.9 Å². The molecule has 0 spiro atoms. The molecule has 0 saturated carbocycles. The highest BCUT2D eigenvalue weighted by Gasteiger charge is 1.92. The minimum absolute atomic E-state index is 0.934. The second-order valence-electron chi connectivity index (χ2n) is 2.78. The van der Waals surface area contributed by atoms with Gasteiger partial charge in [-0.15, -0.1) is 0 Å². The lowest BCUT2D eigenvalue weighted by molar-refractivity contribution is 0.0179. The molecule has 1 N–H and O–H groups in total. The van der Waals surface area contributed by atoms with E-state index in [0.29, 0.717) is 0 Å². The van der Waals surface area contributed by atoms with Crippen LogP contribution in [0.4, 0.5) is 0 Å². The zero-order chi connectivity index (χ0) is 8.10. The molecule has 60 valence electrons. The molecule has 0 heterocycles. The molecule has 0 aromatic heterocycles. The van der Waals surface area contributed by atoms with Crippen LogP contribution in [-0.2, 0) is 6.42 Å². The Bertz CT molecular complexity index is 201. The minimum atomic E-state index is 0.934. The van der Waals surface area contributed by atoms with Crippen LogP contribution >= 0.6 is 0 Å². The minimum Gasteiger partial charge on any atom is -0.436 e. The summed E-state index contributed by atoms with van der Waals surface area (Å²) >= 11 is 0. The van der Waals surface area contributed by atoms with Gasteiger partial charge in [-0.25, -0.2) is 0 Å². The van der Waals surface area contributed by atoms with E-state index in [-0.39, 0.29) is 0 Å². The fourth-order valence-corrected chi connectivity index (χ4v) is 0.996. The maximum atomic E-state index is 4.05. The molecular formula is C10H15O+. The van der Waals surface area contributed by atoms with Gasteiger partial charge in [0.2, 0.25) is 0 Å². The lowest BCUT2D eigenvalue weighted by atomic mass is 10.1. The van der Waals surface area contributed by atoms with Crippen molar-refractivity contribution in [3.8, 4) is 0 Å². The highest BCUT2D eigenvalue weighted by molar-refractivity contribution is 5.21. The van der Waals surface area contributed by atoms with Crippen LogP contribution in [0.25, 0.3) is 0 Å². The number of aliphatic hydroxyl groups is 2. The summed E-state index contributed by atoms with van der Waals surface area (Å²) in [5, 5.41) is 0. The number of aryl methyl sites for hydroxylation is 1. The third kappa shape index (κ3) is 2.72. The SMILES string of the molecule is C[OH+]CCc1ccc(C)cc1. The normalized spacial score (nSPS) is 10.0. The number of hydrogen-bond donors (Lipinski definition) is 0. The molecule has 0 saturated heterocycles. The van der Waals surface area contributed by atoms with E-state index in [1.54, 1.807) is 0 Å². The molecule has 1 heteroatoms. The first-order valence-corrected chi connectivity index (χ1v) is 3.94. The molecule has 0 aliphatic carbocycles. The van der Waals surface area contributed by atoms with Gasteiger partial charge in [-0.3, -0.25) is 0 Å². The van der Waals surface area contributed by atoms with E-state index in [0.717, 1.165) is 13.0 Å². The van der Waals surface area contributed by atoms with Crippen molar-refractivity contribution >= 4 is 0 Å². The van der Waals surface area contributed by atoms with Gasteiger partial charge >= 0.3 is 0 Å². The van der Waals surface area contributed by atoms with Crippen molar-refractivity contribution in [1.29, 1.82) is 0 Å². The van der Waals surface area contributed by atoms with Gasteiger partial charge in [0.1, 0.15) is 13.7 Å². The van der Waals surface area contributed by atoms with Gasteiger partial charge in [-0.1, -0.05) is 29.8 Å². The molecule has 11 heavy (non-hydrogen) atoms. The molecule has 0 unspecified atom stereocenters. The third-order valence-corrected chi connectivity index (χ3v) is 1.74. The summed E-state index contributed by atoms with van der Waals surface area (Å²) in [4.78, 5) is 0. The van der Waals surface area contributed by atoms with Gasteiger partial charge in [0.05, 0.1) is 0 Å². The van der Waals surface area contributed by atoms with Crippen LogP contribution in [0.15, 0.2) is 24.3 Å². The number of ether oxygens (including phenoxy) is 1. The zero-order valence-electron chi connectivity index (χ0n) is 7.17. The molecule has 0 fully saturated rings. The Kier molecular flexibility index (Phi) is 3.12. The zero-order valence-corrected chi connectivity index (χ0v) is 7.17. The molecular weight excluding hydrogens is 136 g/mol. The summed E-state index contributed by atoms with van der Waals surface area (Å²) < 4.78 is 4.05. The van der Waals surface area contributed by atoms with E-state index in [1.165, 1.54) is 11.1 Å². The van der Waals surface area contributed by atoms with E-state index >= 15 is 0 Å². The molecule has 1 nitrogen and oxygen atoms in total. The Balaban J connectivity index is 2.52. The van der Waals surface area contributed by atoms with Crippen LogP contribution in [0.2, 0.25) is 0 Å². The van der Waals surface area contributed by atoms with Crippen LogP contribution in [0.5, 0.6) is 0 Å². The van der Waals surface area contributed by atoms with Gasteiger partial charge in [-0.05, 0) is 12.5 Å². The third-order valence-electron chi connectivity index (χ3n) is 1.74. The van der Waals surface area contributed by atoms with Crippen LogP contribution in [0, 0.1) is 6.92 Å². The number of rotatable bonds is 3. The predicted molar refractivity (Wildman–Crippen MR) is 47.9 cm³/mol. The maximum Gasteiger partial charge on any atom is 0.148 e. The summed E-state index contributed by atoms with van der Waals surface area (Å²) in [5.74, 6) is 0. The lowest BCUT2D eigenvalue weighted by Crippen LogP contribution is -1.97. The van der Waals surface area contributed by atoms with Crippen LogP contribution in [-0.4, -0.2) is 18.5 Å². The van der Waals surface area contributed by atoms with E-state index in [9.17, 15) is 0 Å². The summed E-state index contributed by atoms with van der Waals surface area (Å²) in [6.45, 7) is 3.04. The molecule has 0 radical (unpaired) electrons. The van der Waals surface area contributed by atoms with Crippen molar-refractivity contribution < 1.29 is 4.74 Å². The van der Waals surface area contributed by atoms with Crippen molar-refractivity contribution in [2.24, 2.45) is 0 Å². The van der Waals surface area contributed by atoms with Gasteiger partial charge in [0.15, 0.2) is 0 Å². The largest absolute Gasteiger partial charge is 0.436 e. The first-order chi connectivity index (χ1) is 5.33. The second-order valence-corrected chi connectivity index (χ2v) is 2.78. The lowest BCUT2D eigenvalue weighted by Gasteiger charge is -1.97. The van der Waals surface area contributed by atoms with Gasteiger partial charge < -0.3 is 4.74 Å². The summed E-state index contributed by atoms with van der Waals surface area (Å²) in [7, 11) is 1.86. The maximum absolute atomic E-state index is 4.05. The first-order valence-electron chi connectivity index (χ1n) is 3.94. The number of hydrogen-bond acceptors (Lipinski definition) is 0. The fourth-order valence-electron chi connectivity index (χ4n) is 0.996. The van der Waals surface area contributed by atoms with Gasteiger partial charge in [-0.2, -0.15) is 0 Å². The van der Waals surface area contributed by atoms with Gasteiger partial charge in [0, 0.05) is 6.42 Å². The second kappa shape index (κ2) is 4.14. The van der Waals surface area contributed by atoms with Gasteiger partial charge in [0.25, 0.3) is 0 Å². The van der Waals surface area contributed by atoms with Crippen LogP contribution in [0.1, 0.15) is 11.1 Å². The summed E-state index contributed by atoms with van der Waals surface area (Å²) in [5.41, 5.74) is 2.70. The topological polar surface area (TPSA) is 12.8 Å². The number of benzene rings is 1. The Morgan fingerprint density at radius 3 is 2.36 bits per heavy atom. The summed E-state index contributed by atoms with van der Waals surface area (Å²) in [6, 6.07) is 8.62. The van der Waals surface area contributed by atoms with Crippen LogP contribution in [0.3, 0.4) is 0 Å². The average Bonchev–Trinajstić information content (AvgIpc) is 2.04. The van der Waals surface area contributed by atoms with Crippen molar-refractivity contribution in [2.45, 2.75) is 13.3 Å². The average molecular weight is 151 g/mol. The quantitative estimate of drug-likeness (QED) is 0.583. The Morgan fingerprint density at radius 2 is 1.82 bits per heavy atom. The van der Waals surface area contributed by atoms with E-state index in [1.807, 2.05) is 7.11 Å².